The van der Waals surface area contributed by atoms with Crippen molar-refractivity contribution in [3.63, 3.8) is 0 Å². The highest BCUT2D eigenvalue weighted by Crippen LogP contribution is 2.12. The van der Waals surface area contributed by atoms with Crippen molar-refractivity contribution in [3.8, 4) is 5.75 Å². The Morgan fingerprint density at radius 1 is 1.17 bits per heavy atom. The maximum absolute atomic E-state index is 11.6. The quantitative estimate of drug-likeness (QED) is 0.741. The maximum Gasteiger partial charge on any atom is 0.322 e. The Balaban J connectivity index is 1.75. The van der Waals surface area contributed by atoms with Crippen molar-refractivity contribution >= 4 is 17.9 Å². The summed E-state index contributed by atoms with van der Waals surface area (Å²) in [5.41, 5.74) is 0. The molecule has 8 nitrogen and oxygen atoms in total. The van der Waals surface area contributed by atoms with E-state index in [2.05, 4.69) is 15.5 Å². The molecule has 0 unspecified atom stereocenters. The molecule has 23 heavy (non-hydrogen) atoms. The second-order valence-corrected chi connectivity index (χ2v) is 4.46. The number of carbonyl (C=O) groups is 2. The molecule has 1 aromatic heterocycles. The first-order chi connectivity index (χ1) is 11.2. The molecule has 122 valence electrons. The van der Waals surface area contributed by atoms with Gasteiger partial charge in [0.1, 0.15) is 5.75 Å². The monoisotopic (exact) mass is 319 g/mol. The molecule has 0 spiro atoms. The van der Waals surface area contributed by atoms with Gasteiger partial charge in [-0.1, -0.05) is 23.3 Å². The molecule has 1 N–H and O–H groups in total. The summed E-state index contributed by atoms with van der Waals surface area (Å²) in [6, 6.07) is 9.13. The number of aromatic nitrogens is 2. The summed E-state index contributed by atoms with van der Waals surface area (Å²) in [5, 5.41) is 9.86. The number of hydrogen-bond donors (Lipinski definition) is 1. The van der Waals surface area contributed by atoms with Crippen LogP contribution in [0.4, 0.5) is 6.01 Å². The number of para-hydroxylation sites is 1. The number of esters is 1. The number of rotatable bonds is 8. The van der Waals surface area contributed by atoms with Crippen molar-refractivity contribution in [1.82, 2.24) is 10.2 Å². The molecule has 0 aliphatic carbocycles. The fourth-order valence-corrected chi connectivity index (χ4v) is 1.65. The molecule has 1 aromatic carbocycles. The molecule has 8 heteroatoms. The summed E-state index contributed by atoms with van der Waals surface area (Å²) >= 11 is 0. The zero-order valence-corrected chi connectivity index (χ0v) is 12.7. The van der Waals surface area contributed by atoms with Gasteiger partial charge in [0.2, 0.25) is 5.91 Å². The van der Waals surface area contributed by atoms with Gasteiger partial charge in [0.25, 0.3) is 5.89 Å². The van der Waals surface area contributed by atoms with Crippen LogP contribution in [0.3, 0.4) is 0 Å². The smallest absolute Gasteiger partial charge is 0.322 e. The Kier molecular flexibility index (Phi) is 6.10. The number of nitrogens with one attached hydrogen (secondary N) is 1. The third-order valence-corrected chi connectivity index (χ3v) is 2.68. The Morgan fingerprint density at radius 2 is 1.96 bits per heavy atom. The van der Waals surface area contributed by atoms with Crippen LogP contribution in [-0.4, -0.2) is 28.7 Å². The number of anilines is 1. The molecule has 2 rings (SSSR count). The van der Waals surface area contributed by atoms with Crippen molar-refractivity contribution < 1.29 is 23.5 Å². The van der Waals surface area contributed by atoms with E-state index in [1.165, 1.54) is 0 Å². The van der Waals surface area contributed by atoms with Gasteiger partial charge >= 0.3 is 12.0 Å². The lowest BCUT2D eigenvalue weighted by Crippen LogP contribution is -2.14. The first-order valence-corrected chi connectivity index (χ1v) is 7.13. The zero-order chi connectivity index (χ0) is 16.5. The average molecular weight is 319 g/mol. The van der Waals surface area contributed by atoms with Crippen LogP contribution >= 0.6 is 0 Å². The molecular weight excluding hydrogens is 302 g/mol. The van der Waals surface area contributed by atoms with E-state index in [9.17, 15) is 9.59 Å². The van der Waals surface area contributed by atoms with Gasteiger partial charge in [-0.15, -0.1) is 5.10 Å². The topological polar surface area (TPSA) is 104 Å². The highest BCUT2D eigenvalue weighted by atomic mass is 16.5. The van der Waals surface area contributed by atoms with Crippen LogP contribution in [0.15, 0.2) is 34.7 Å². The Labute approximate surface area is 132 Å². The van der Waals surface area contributed by atoms with E-state index in [-0.39, 0.29) is 38.0 Å². The first kappa shape index (κ1) is 16.5. The lowest BCUT2D eigenvalue weighted by molar-refractivity contribution is -0.144. The highest BCUT2D eigenvalue weighted by molar-refractivity contribution is 5.90. The highest BCUT2D eigenvalue weighted by Gasteiger charge is 2.12. The molecule has 0 fully saturated rings. The molecule has 1 amide bonds. The van der Waals surface area contributed by atoms with Crippen LogP contribution in [0.1, 0.15) is 25.7 Å². The van der Waals surface area contributed by atoms with Crippen LogP contribution in [0, 0.1) is 0 Å². The third kappa shape index (κ3) is 5.77. The summed E-state index contributed by atoms with van der Waals surface area (Å²) in [4.78, 5) is 22.8. The van der Waals surface area contributed by atoms with E-state index in [0.29, 0.717) is 5.75 Å². The SMILES string of the molecule is CCOC(=O)CCC(=O)Nc1nnc(COc2ccccc2)o1. The van der Waals surface area contributed by atoms with Gasteiger partial charge in [0.05, 0.1) is 13.0 Å². The fraction of sp³-hybridized carbons (Fsp3) is 0.333. The van der Waals surface area contributed by atoms with Gasteiger partial charge in [-0.25, -0.2) is 0 Å². The van der Waals surface area contributed by atoms with Gasteiger partial charge in [-0.05, 0) is 19.1 Å². The van der Waals surface area contributed by atoms with E-state index in [1.807, 2.05) is 18.2 Å². The predicted octanol–water partition coefficient (Wildman–Crippen LogP) is 1.93. The van der Waals surface area contributed by atoms with E-state index < -0.39 is 11.9 Å². The minimum atomic E-state index is -0.426. The van der Waals surface area contributed by atoms with Crippen LogP contribution in [0.5, 0.6) is 5.75 Å². The summed E-state index contributed by atoms with van der Waals surface area (Å²) in [5.74, 6) is 0.0719. The summed E-state index contributed by atoms with van der Waals surface area (Å²) in [6.07, 6.45) is -0.0190. The predicted molar refractivity (Wildman–Crippen MR) is 79.6 cm³/mol. The largest absolute Gasteiger partial charge is 0.484 e. The van der Waals surface area contributed by atoms with Crippen molar-refractivity contribution in [2.45, 2.75) is 26.4 Å². The molecule has 0 saturated carbocycles. The van der Waals surface area contributed by atoms with Gasteiger partial charge in [-0.2, -0.15) is 0 Å². The number of amides is 1. The van der Waals surface area contributed by atoms with Gasteiger partial charge in [0.15, 0.2) is 6.61 Å². The van der Waals surface area contributed by atoms with Crippen LogP contribution in [0.2, 0.25) is 0 Å². The molecule has 0 bridgehead atoms. The van der Waals surface area contributed by atoms with Gasteiger partial charge in [0, 0.05) is 6.42 Å². The average Bonchev–Trinajstić information content (AvgIpc) is 3.00. The second kappa shape index (κ2) is 8.52. The molecule has 0 saturated heterocycles. The standard InChI is InChI=1S/C15H17N3O5/c1-2-21-14(20)9-8-12(19)16-15-18-17-13(23-15)10-22-11-6-4-3-5-7-11/h3-7H,2,8-10H2,1H3,(H,16,18,19). The number of ether oxygens (including phenoxy) is 2. The summed E-state index contributed by atoms with van der Waals surface area (Å²) < 4.78 is 15.4. The number of hydrogen-bond acceptors (Lipinski definition) is 7. The summed E-state index contributed by atoms with van der Waals surface area (Å²) in [6.45, 7) is 2.08. The molecule has 0 aliphatic rings. The Hall–Kier alpha value is -2.90. The van der Waals surface area contributed by atoms with Crippen LogP contribution < -0.4 is 10.1 Å². The molecular formula is C15H17N3O5. The molecule has 0 atom stereocenters. The fourth-order valence-electron chi connectivity index (χ4n) is 1.65. The zero-order valence-electron chi connectivity index (χ0n) is 12.7. The third-order valence-electron chi connectivity index (χ3n) is 2.68. The minimum absolute atomic E-state index is 0.00220. The number of nitrogens with zero attached hydrogens (tertiary/aromatic N) is 2. The summed E-state index contributed by atoms with van der Waals surface area (Å²) in [7, 11) is 0. The van der Waals surface area contributed by atoms with Crippen molar-refractivity contribution in [3.05, 3.63) is 36.2 Å². The second-order valence-electron chi connectivity index (χ2n) is 4.46. The van der Waals surface area contributed by atoms with E-state index in [0.717, 1.165) is 0 Å². The normalized spacial score (nSPS) is 10.1. The van der Waals surface area contributed by atoms with E-state index in [4.69, 9.17) is 13.9 Å². The van der Waals surface area contributed by atoms with Gasteiger partial charge < -0.3 is 13.9 Å². The first-order valence-electron chi connectivity index (χ1n) is 7.13. The van der Waals surface area contributed by atoms with Gasteiger partial charge in [-0.3, -0.25) is 14.9 Å². The Morgan fingerprint density at radius 3 is 2.70 bits per heavy atom. The number of benzene rings is 1. The Bertz CT molecular complexity index is 642. The maximum atomic E-state index is 11.6. The molecule has 1 heterocycles. The minimum Gasteiger partial charge on any atom is -0.484 e. The van der Waals surface area contributed by atoms with Crippen molar-refractivity contribution in [2.75, 3.05) is 11.9 Å². The lowest BCUT2D eigenvalue weighted by atomic mass is 10.3. The van der Waals surface area contributed by atoms with Crippen molar-refractivity contribution in [2.24, 2.45) is 0 Å². The molecule has 0 aliphatic heterocycles. The number of carbonyl (C=O) groups excluding carboxylic acids is 2. The van der Waals surface area contributed by atoms with E-state index >= 15 is 0 Å². The van der Waals surface area contributed by atoms with Crippen LogP contribution in [0.25, 0.3) is 0 Å². The molecule has 0 radical (unpaired) electrons. The van der Waals surface area contributed by atoms with E-state index in [1.54, 1.807) is 19.1 Å². The van der Waals surface area contributed by atoms with Crippen molar-refractivity contribution in [1.29, 1.82) is 0 Å². The lowest BCUT2D eigenvalue weighted by Gasteiger charge is -2.02. The molecule has 2 aromatic rings. The van der Waals surface area contributed by atoms with Crippen LogP contribution in [-0.2, 0) is 20.9 Å².